The lowest BCUT2D eigenvalue weighted by molar-refractivity contribution is -0.136. The molecule has 0 aliphatic rings. The minimum atomic E-state index is -1.51. The Morgan fingerprint density at radius 2 is 2.07 bits per heavy atom. The van der Waals surface area contributed by atoms with Crippen LogP contribution in [0.5, 0.6) is 0 Å². The van der Waals surface area contributed by atoms with E-state index in [0.29, 0.717) is 11.0 Å². The largest absolute Gasteiger partial charge is 0.488 e. The van der Waals surface area contributed by atoms with Gasteiger partial charge in [-0.2, -0.15) is 0 Å². The van der Waals surface area contributed by atoms with Gasteiger partial charge in [-0.05, 0) is 39.7 Å². The molecule has 0 aliphatic carbocycles. The summed E-state index contributed by atoms with van der Waals surface area (Å²) < 4.78 is 0.718. The van der Waals surface area contributed by atoms with Crippen LogP contribution in [0.15, 0.2) is 18.2 Å². The average Bonchev–Trinajstić information content (AvgIpc) is 2.07. The highest BCUT2D eigenvalue weighted by molar-refractivity contribution is 14.1. The summed E-state index contributed by atoms with van der Waals surface area (Å²) in [5, 5.41) is 26.3. The third-order valence-corrected chi connectivity index (χ3v) is 2.72. The number of rotatable bonds is 3. The number of carboxylic acids is 1. The Kier molecular flexibility index (Phi) is 3.91. The van der Waals surface area contributed by atoms with Crippen LogP contribution in [0.25, 0.3) is 0 Å². The molecule has 6 heteroatoms. The van der Waals surface area contributed by atoms with Crippen molar-refractivity contribution in [3.63, 3.8) is 0 Å². The van der Waals surface area contributed by atoms with Gasteiger partial charge in [0.15, 0.2) is 0 Å². The SMILES string of the molecule is O=C(O)Cc1ccc(B(O)O)cc1I. The fraction of sp³-hybridized carbons (Fsp3) is 0.125. The number of halogens is 1. The number of carbonyl (C=O) groups is 1. The molecule has 1 aromatic carbocycles. The number of aliphatic carboxylic acids is 1. The Bertz CT molecular complexity index is 353. The van der Waals surface area contributed by atoms with Crippen molar-refractivity contribution in [3.8, 4) is 0 Å². The summed E-state index contributed by atoms with van der Waals surface area (Å²) in [5.74, 6) is -0.903. The molecule has 4 nitrogen and oxygen atoms in total. The summed E-state index contributed by atoms with van der Waals surface area (Å²) in [5.41, 5.74) is 1.03. The minimum absolute atomic E-state index is 0.0555. The quantitative estimate of drug-likeness (QED) is 0.524. The molecule has 0 saturated carbocycles. The Labute approximate surface area is 94.9 Å². The van der Waals surface area contributed by atoms with Crippen LogP contribution in [-0.2, 0) is 11.2 Å². The van der Waals surface area contributed by atoms with Gasteiger partial charge in [0, 0.05) is 3.57 Å². The lowest BCUT2D eigenvalue weighted by atomic mass is 9.80. The highest BCUT2D eigenvalue weighted by Gasteiger charge is 2.13. The molecule has 1 aromatic rings. The van der Waals surface area contributed by atoms with Crippen molar-refractivity contribution in [2.45, 2.75) is 6.42 Å². The van der Waals surface area contributed by atoms with Crippen LogP contribution in [0.1, 0.15) is 5.56 Å². The average molecular weight is 306 g/mol. The highest BCUT2D eigenvalue weighted by atomic mass is 127. The predicted octanol–water partition coefficient (Wildman–Crippen LogP) is -0.402. The second-order valence-electron chi connectivity index (χ2n) is 2.80. The van der Waals surface area contributed by atoms with Crippen molar-refractivity contribution in [3.05, 3.63) is 27.3 Å². The molecule has 0 aliphatic heterocycles. The molecule has 1 rings (SSSR count). The molecule has 0 saturated heterocycles. The van der Waals surface area contributed by atoms with Gasteiger partial charge in [-0.15, -0.1) is 0 Å². The lowest BCUT2D eigenvalue weighted by Gasteiger charge is -2.04. The van der Waals surface area contributed by atoms with Crippen molar-refractivity contribution in [1.29, 1.82) is 0 Å². The van der Waals surface area contributed by atoms with E-state index in [0.717, 1.165) is 3.57 Å². The first kappa shape index (κ1) is 11.5. The molecule has 0 bridgehead atoms. The Balaban J connectivity index is 2.95. The van der Waals surface area contributed by atoms with Crippen LogP contribution < -0.4 is 5.46 Å². The van der Waals surface area contributed by atoms with E-state index in [4.69, 9.17) is 15.2 Å². The maximum absolute atomic E-state index is 10.4. The van der Waals surface area contributed by atoms with E-state index in [9.17, 15) is 4.79 Å². The zero-order chi connectivity index (χ0) is 10.7. The van der Waals surface area contributed by atoms with Crippen LogP contribution in [0, 0.1) is 3.57 Å². The molecule has 0 unspecified atom stereocenters. The van der Waals surface area contributed by atoms with Gasteiger partial charge in [0.05, 0.1) is 6.42 Å². The first-order valence-electron chi connectivity index (χ1n) is 3.87. The van der Waals surface area contributed by atoms with Gasteiger partial charge in [0.2, 0.25) is 0 Å². The van der Waals surface area contributed by atoms with Crippen molar-refractivity contribution in [2.75, 3.05) is 0 Å². The second kappa shape index (κ2) is 4.76. The molecule has 0 aromatic heterocycles. The maximum atomic E-state index is 10.4. The zero-order valence-electron chi connectivity index (χ0n) is 7.14. The molecular weight excluding hydrogens is 298 g/mol. The summed E-state index contributed by atoms with van der Waals surface area (Å²) in [7, 11) is -1.51. The smallest absolute Gasteiger partial charge is 0.481 e. The molecule has 14 heavy (non-hydrogen) atoms. The number of carboxylic acid groups (broad SMARTS) is 1. The molecule has 0 atom stereocenters. The molecule has 0 spiro atoms. The van der Waals surface area contributed by atoms with E-state index in [-0.39, 0.29) is 6.42 Å². The van der Waals surface area contributed by atoms with E-state index >= 15 is 0 Å². The van der Waals surface area contributed by atoms with Crippen LogP contribution in [0.3, 0.4) is 0 Å². The van der Waals surface area contributed by atoms with Gasteiger partial charge < -0.3 is 15.2 Å². The Morgan fingerprint density at radius 3 is 2.50 bits per heavy atom. The van der Waals surface area contributed by atoms with Crippen LogP contribution >= 0.6 is 22.6 Å². The molecular formula is C8H8BIO4. The van der Waals surface area contributed by atoms with Crippen molar-refractivity contribution in [1.82, 2.24) is 0 Å². The van der Waals surface area contributed by atoms with Gasteiger partial charge in [-0.3, -0.25) is 4.79 Å². The number of benzene rings is 1. The topological polar surface area (TPSA) is 77.8 Å². The van der Waals surface area contributed by atoms with Gasteiger partial charge in [0.25, 0.3) is 0 Å². The lowest BCUT2D eigenvalue weighted by Crippen LogP contribution is -2.30. The van der Waals surface area contributed by atoms with Crippen molar-refractivity contribution < 1.29 is 19.9 Å². The third-order valence-electron chi connectivity index (χ3n) is 1.72. The second-order valence-corrected chi connectivity index (χ2v) is 3.96. The molecule has 0 heterocycles. The first-order valence-corrected chi connectivity index (χ1v) is 4.95. The van der Waals surface area contributed by atoms with Crippen LogP contribution in [-0.4, -0.2) is 28.2 Å². The summed E-state index contributed by atoms with van der Waals surface area (Å²) in [6.45, 7) is 0. The first-order chi connectivity index (χ1) is 6.50. The molecule has 0 fully saturated rings. The molecule has 3 N–H and O–H groups in total. The summed E-state index contributed by atoms with van der Waals surface area (Å²) in [4.78, 5) is 10.4. The van der Waals surface area contributed by atoms with E-state index < -0.39 is 13.1 Å². The van der Waals surface area contributed by atoms with E-state index in [1.807, 2.05) is 22.6 Å². The Hall–Kier alpha value is -0.595. The molecule has 0 radical (unpaired) electrons. The molecule has 0 amide bonds. The van der Waals surface area contributed by atoms with Gasteiger partial charge in [-0.1, -0.05) is 12.1 Å². The van der Waals surface area contributed by atoms with Gasteiger partial charge >= 0.3 is 13.1 Å². The highest BCUT2D eigenvalue weighted by Crippen LogP contribution is 2.11. The van der Waals surface area contributed by atoms with Crippen LogP contribution in [0.2, 0.25) is 0 Å². The van der Waals surface area contributed by atoms with Gasteiger partial charge in [0.1, 0.15) is 0 Å². The predicted molar refractivity (Wildman–Crippen MR) is 60.3 cm³/mol. The third kappa shape index (κ3) is 2.97. The van der Waals surface area contributed by atoms with E-state index in [1.165, 1.54) is 6.07 Å². The fourth-order valence-corrected chi connectivity index (χ4v) is 1.76. The summed E-state index contributed by atoms with van der Waals surface area (Å²) >= 11 is 1.97. The van der Waals surface area contributed by atoms with E-state index in [2.05, 4.69) is 0 Å². The zero-order valence-corrected chi connectivity index (χ0v) is 9.30. The van der Waals surface area contributed by atoms with Crippen molar-refractivity contribution in [2.24, 2.45) is 0 Å². The monoisotopic (exact) mass is 306 g/mol. The fourth-order valence-electron chi connectivity index (χ4n) is 1.03. The van der Waals surface area contributed by atoms with E-state index in [1.54, 1.807) is 12.1 Å². The summed E-state index contributed by atoms with van der Waals surface area (Å²) in [6.07, 6.45) is -0.0555. The number of hydrogen-bond acceptors (Lipinski definition) is 3. The number of hydrogen-bond donors (Lipinski definition) is 3. The Morgan fingerprint density at radius 1 is 1.43 bits per heavy atom. The summed E-state index contributed by atoms with van der Waals surface area (Å²) in [6, 6.07) is 4.65. The van der Waals surface area contributed by atoms with Crippen LogP contribution in [0.4, 0.5) is 0 Å². The van der Waals surface area contributed by atoms with Crippen molar-refractivity contribution >= 4 is 41.1 Å². The maximum Gasteiger partial charge on any atom is 0.488 e. The molecule has 74 valence electrons. The standard InChI is InChI=1S/C8H8BIO4/c10-7-4-6(9(13)14)2-1-5(7)3-8(11)12/h1-2,4,13-14H,3H2,(H,11,12). The normalized spacial score (nSPS) is 9.93. The van der Waals surface area contributed by atoms with Gasteiger partial charge in [-0.25, -0.2) is 0 Å². The minimum Gasteiger partial charge on any atom is -0.481 e.